The highest BCUT2D eigenvalue weighted by Crippen LogP contribution is 2.34. The maximum absolute atomic E-state index is 11.0. The summed E-state index contributed by atoms with van der Waals surface area (Å²) in [5.41, 5.74) is 3.42. The molecule has 2 aromatic rings. The number of nitro groups is 1. The van der Waals surface area contributed by atoms with Crippen molar-refractivity contribution in [1.29, 1.82) is 0 Å². The summed E-state index contributed by atoms with van der Waals surface area (Å²) in [6.45, 7) is 1.77. The molecule has 0 heterocycles. The fraction of sp³-hybridized carbons (Fsp3) is 0.429. The molecule has 0 bridgehead atoms. The second-order valence-electron chi connectivity index (χ2n) is 7.25. The molecule has 1 atom stereocenters. The van der Waals surface area contributed by atoms with Gasteiger partial charge in [-0.15, -0.1) is 0 Å². The molecular formula is C21H26N2O4. The molecule has 1 unspecified atom stereocenters. The zero-order chi connectivity index (χ0) is 19.4. The smallest absolute Gasteiger partial charge is 0.310 e. The highest BCUT2D eigenvalue weighted by molar-refractivity contribution is 5.47. The van der Waals surface area contributed by atoms with Crippen LogP contribution in [0, 0.1) is 10.1 Å². The molecule has 6 nitrogen and oxygen atoms in total. The van der Waals surface area contributed by atoms with Crippen molar-refractivity contribution in [2.45, 2.75) is 31.6 Å². The van der Waals surface area contributed by atoms with E-state index in [1.165, 1.54) is 36.1 Å². The quantitative estimate of drug-likeness (QED) is 0.591. The van der Waals surface area contributed by atoms with E-state index < -0.39 is 4.92 Å². The first-order chi connectivity index (χ1) is 13.0. The minimum atomic E-state index is -0.546. The van der Waals surface area contributed by atoms with Gasteiger partial charge in [-0.3, -0.25) is 10.1 Å². The molecule has 3 rings (SSSR count). The third kappa shape index (κ3) is 4.57. The number of phenols is 1. The van der Waals surface area contributed by atoms with Gasteiger partial charge in [-0.25, -0.2) is 0 Å². The SMILES string of the molecule is COc1ccc2c(c1)CCCC2CN(C)CCc1ccc(O)c([N+](=O)[O-])c1. The minimum absolute atomic E-state index is 0.231. The molecule has 0 amide bonds. The molecule has 2 aromatic carbocycles. The fourth-order valence-corrected chi connectivity index (χ4v) is 3.87. The summed E-state index contributed by atoms with van der Waals surface area (Å²) in [6, 6.07) is 11.0. The summed E-state index contributed by atoms with van der Waals surface area (Å²) in [5.74, 6) is 1.13. The molecule has 0 saturated carbocycles. The summed E-state index contributed by atoms with van der Waals surface area (Å²) in [7, 11) is 3.79. The van der Waals surface area contributed by atoms with Gasteiger partial charge in [-0.2, -0.15) is 0 Å². The van der Waals surface area contributed by atoms with E-state index in [1.807, 2.05) is 6.07 Å². The summed E-state index contributed by atoms with van der Waals surface area (Å²) in [4.78, 5) is 12.7. The van der Waals surface area contributed by atoms with Gasteiger partial charge in [0, 0.05) is 19.2 Å². The van der Waals surface area contributed by atoms with Crippen molar-refractivity contribution < 1.29 is 14.8 Å². The van der Waals surface area contributed by atoms with E-state index in [-0.39, 0.29) is 11.4 Å². The second-order valence-corrected chi connectivity index (χ2v) is 7.25. The van der Waals surface area contributed by atoms with E-state index in [2.05, 4.69) is 24.1 Å². The lowest BCUT2D eigenvalue weighted by Crippen LogP contribution is -2.28. The maximum atomic E-state index is 11.0. The molecule has 0 saturated heterocycles. The predicted molar refractivity (Wildman–Crippen MR) is 105 cm³/mol. The van der Waals surface area contributed by atoms with E-state index in [4.69, 9.17) is 4.74 Å². The molecule has 0 aromatic heterocycles. The molecular weight excluding hydrogens is 344 g/mol. The van der Waals surface area contributed by atoms with Crippen LogP contribution in [0.1, 0.15) is 35.4 Å². The Morgan fingerprint density at radius 1 is 1.30 bits per heavy atom. The molecule has 0 spiro atoms. The predicted octanol–water partition coefficient (Wildman–Crippen LogP) is 3.90. The first-order valence-electron chi connectivity index (χ1n) is 9.29. The Morgan fingerprint density at radius 3 is 2.85 bits per heavy atom. The Labute approximate surface area is 159 Å². The monoisotopic (exact) mass is 370 g/mol. The van der Waals surface area contributed by atoms with Crippen LogP contribution in [0.5, 0.6) is 11.5 Å². The van der Waals surface area contributed by atoms with E-state index >= 15 is 0 Å². The first-order valence-corrected chi connectivity index (χ1v) is 9.29. The van der Waals surface area contributed by atoms with Gasteiger partial charge in [-0.1, -0.05) is 12.1 Å². The fourth-order valence-electron chi connectivity index (χ4n) is 3.87. The summed E-state index contributed by atoms with van der Waals surface area (Å²) in [6.07, 6.45) is 4.17. The van der Waals surface area contributed by atoms with Crippen LogP contribution < -0.4 is 4.74 Å². The van der Waals surface area contributed by atoms with E-state index in [0.717, 1.165) is 30.8 Å². The number of rotatable bonds is 7. The molecule has 6 heteroatoms. The molecule has 144 valence electrons. The van der Waals surface area contributed by atoms with Crippen LogP contribution in [0.15, 0.2) is 36.4 Å². The van der Waals surface area contributed by atoms with Gasteiger partial charge in [0.25, 0.3) is 0 Å². The average molecular weight is 370 g/mol. The molecule has 0 fully saturated rings. The number of aryl methyl sites for hydroxylation is 1. The lowest BCUT2D eigenvalue weighted by molar-refractivity contribution is -0.385. The largest absolute Gasteiger partial charge is 0.502 e. The number of benzene rings is 2. The number of nitro benzene ring substituents is 1. The standard InChI is InChI=1S/C21H26N2O4/c1-22(11-10-15-6-9-21(24)20(12-15)23(25)26)14-17-5-3-4-16-13-18(27-2)7-8-19(16)17/h6-9,12-13,17,24H,3-5,10-11,14H2,1-2H3. The van der Waals surface area contributed by atoms with Crippen LogP contribution in [0.25, 0.3) is 0 Å². The normalized spacial score (nSPS) is 16.2. The van der Waals surface area contributed by atoms with Crippen molar-refractivity contribution in [1.82, 2.24) is 4.90 Å². The van der Waals surface area contributed by atoms with Crippen molar-refractivity contribution in [3.63, 3.8) is 0 Å². The second kappa shape index (κ2) is 8.39. The Kier molecular flexibility index (Phi) is 5.96. The Morgan fingerprint density at radius 2 is 2.11 bits per heavy atom. The number of fused-ring (bicyclic) bond motifs is 1. The Balaban J connectivity index is 1.61. The van der Waals surface area contributed by atoms with Gasteiger partial charge in [0.05, 0.1) is 12.0 Å². The van der Waals surface area contributed by atoms with Crippen LogP contribution in [-0.4, -0.2) is 42.2 Å². The topological polar surface area (TPSA) is 75.8 Å². The number of ether oxygens (including phenoxy) is 1. The van der Waals surface area contributed by atoms with Gasteiger partial charge in [0.2, 0.25) is 0 Å². The van der Waals surface area contributed by atoms with E-state index in [0.29, 0.717) is 12.3 Å². The molecule has 0 radical (unpaired) electrons. The highest BCUT2D eigenvalue weighted by atomic mass is 16.6. The van der Waals surface area contributed by atoms with Crippen molar-refractivity contribution in [3.05, 3.63) is 63.2 Å². The number of hydrogen-bond acceptors (Lipinski definition) is 5. The number of likely N-dealkylation sites (N-methyl/N-ethyl adjacent to an activating group) is 1. The molecule has 27 heavy (non-hydrogen) atoms. The summed E-state index contributed by atoms with van der Waals surface area (Å²) >= 11 is 0. The first kappa shape index (κ1) is 19.2. The Bertz CT molecular complexity index is 822. The zero-order valence-electron chi connectivity index (χ0n) is 15.9. The van der Waals surface area contributed by atoms with E-state index in [1.54, 1.807) is 13.2 Å². The lowest BCUT2D eigenvalue weighted by atomic mass is 9.82. The maximum Gasteiger partial charge on any atom is 0.310 e. The van der Waals surface area contributed by atoms with Crippen molar-refractivity contribution in [2.24, 2.45) is 0 Å². The van der Waals surface area contributed by atoms with Crippen LogP contribution in [-0.2, 0) is 12.8 Å². The lowest BCUT2D eigenvalue weighted by Gasteiger charge is -2.29. The number of methoxy groups -OCH3 is 1. The molecule has 1 aliphatic carbocycles. The minimum Gasteiger partial charge on any atom is -0.502 e. The van der Waals surface area contributed by atoms with Crippen LogP contribution in [0.3, 0.4) is 0 Å². The molecule has 1 N–H and O–H groups in total. The van der Waals surface area contributed by atoms with Crippen LogP contribution in [0.4, 0.5) is 5.69 Å². The van der Waals surface area contributed by atoms with Gasteiger partial charge in [-0.05, 0) is 73.5 Å². The summed E-state index contributed by atoms with van der Waals surface area (Å²) in [5, 5.41) is 20.5. The average Bonchev–Trinajstić information content (AvgIpc) is 2.67. The number of phenolic OH excluding ortho intramolecular Hbond substituents is 1. The zero-order valence-corrected chi connectivity index (χ0v) is 15.9. The van der Waals surface area contributed by atoms with Crippen molar-refractivity contribution in [2.75, 3.05) is 27.2 Å². The van der Waals surface area contributed by atoms with Gasteiger partial charge in [0.1, 0.15) is 5.75 Å². The molecule has 0 aliphatic heterocycles. The number of hydrogen-bond donors (Lipinski definition) is 1. The molecule has 1 aliphatic rings. The van der Waals surface area contributed by atoms with Crippen molar-refractivity contribution >= 4 is 5.69 Å². The highest BCUT2D eigenvalue weighted by Gasteiger charge is 2.22. The van der Waals surface area contributed by atoms with Gasteiger partial charge >= 0.3 is 5.69 Å². The number of nitrogens with zero attached hydrogens (tertiary/aromatic N) is 2. The van der Waals surface area contributed by atoms with Crippen molar-refractivity contribution in [3.8, 4) is 11.5 Å². The number of aromatic hydroxyl groups is 1. The van der Waals surface area contributed by atoms with Crippen LogP contribution in [0.2, 0.25) is 0 Å². The third-order valence-electron chi connectivity index (χ3n) is 5.34. The van der Waals surface area contributed by atoms with E-state index in [9.17, 15) is 15.2 Å². The van der Waals surface area contributed by atoms with Gasteiger partial charge in [0.15, 0.2) is 5.75 Å². The Hall–Kier alpha value is -2.60. The summed E-state index contributed by atoms with van der Waals surface area (Å²) < 4.78 is 5.34. The third-order valence-corrected chi connectivity index (χ3v) is 5.34. The van der Waals surface area contributed by atoms with Gasteiger partial charge < -0.3 is 14.7 Å². The van der Waals surface area contributed by atoms with Crippen LogP contribution >= 0.6 is 0 Å².